The molecule has 1 heterocycles. The van der Waals surface area contributed by atoms with E-state index in [1.54, 1.807) is 0 Å². The number of nitrogens with zero attached hydrogens (tertiary/aromatic N) is 2. The van der Waals surface area contributed by atoms with Gasteiger partial charge in [-0.3, -0.25) is 4.99 Å². The third-order valence-electron chi connectivity index (χ3n) is 4.54. The molecule has 2 rings (SSSR count). The van der Waals surface area contributed by atoms with Crippen molar-refractivity contribution in [2.75, 3.05) is 50.8 Å². The summed E-state index contributed by atoms with van der Waals surface area (Å²) in [7, 11) is 0. The topological polar surface area (TPSA) is 48.9 Å². The van der Waals surface area contributed by atoms with Crippen LogP contribution < -0.4 is 15.5 Å². The molecule has 0 radical (unpaired) electrons. The minimum absolute atomic E-state index is 0. The second-order valence-electron chi connectivity index (χ2n) is 6.63. The van der Waals surface area contributed by atoms with Crippen molar-refractivity contribution in [1.82, 2.24) is 10.6 Å². The second-order valence-corrected chi connectivity index (χ2v) is 7.54. The van der Waals surface area contributed by atoms with Crippen molar-refractivity contribution in [3.05, 3.63) is 28.7 Å². The largest absolute Gasteiger partial charge is 0.382 e. The summed E-state index contributed by atoms with van der Waals surface area (Å²) in [6.45, 7) is 10.7. The van der Waals surface area contributed by atoms with Gasteiger partial charge in [-0.1, -0.05) is 15.9 Å². The molecule has 0 bridgehead atoms. The lowest BCUT2D eigenvalue weighted by atomic mass is 10.1. The normalized spacial score (nSPS) is 16.9. The van der Waals surface area contributed by atoms with Crippen LogP contribution >= 0.6 is 39.9 Å². The van der Waals surface area contributed by atoms with Crippen molar-refractivity contribution < 1.29 is 4.74 Å². The first kappa shape index (κ1) is 24.5. The van der Waals surface area contributed by atoms with E-state index in [1.807, 2.05) is 6.92 Å². The highest BCUT2D eigenvalue weighted by atomic mass is 127. The third-order valence-corrected chi connectivity index (χ3v) is 5.07. The van der Waals surface area contributed by atoms with Gasteiger partial charge in [-0.15, -0.1) is 24.0 Å². The average Bonchev–Trinajstić information content (AvgIpc) is 3.12. The van der Waals surface area contributed by atoms with Crippen molar-refractivity contribution in [3.63, 3.8) is 0 Å². The zero-order valence-electron chi connectivity index (χ0n) is 16.5. The van der Waals surface area contributed by atoms with Gasteiger partial charge < -0.3 is 20.3 Å². The Morgan fingerprint density at radius 2 is 2.00 bits per heavy atom. The summed E-state index contributed by atoms with van der Waals surface area (Å²) in [6.07, 6.45) is 3.39. The monoisotopic (exact) mass is 552 g/mol. The quantitative estimate of drug-likeness (QED) is 0.197. The highest BCUT2D eigenvalue weighted by Crippen LogP contribution is 2.25. The summed E-state index contributed by atoms with van der Waals surface area (Å²) in [5, 5.41) is 6.78. The summed E-state index contributed by atoms with van der Waals surface area (Å²) < 4.78 is 6.50. The maximum atomic E-state index is 5.38. The number of nitrogens with one attached hydrogen (secondary N) is 2. The Bertz CT molecular complexity index is 541. The molecule has 1 fully saturated rings. The van der Waals surface area contributed by atoms with E-state index in [-0.39, 0.29) is 24.0 Å². The van der Waals surface area contributed by atoms with E-state index < -0.39 is 0 Å². The number of anilines is 1. The molecule has 2 N–H and O–H groups in total. The lowest BCUT2D eigenvalue weighted by Crippen LogP contribution is -2.38. The van der Waals surface area contributed by atoms with Crippen LogP contribution in [-0.4, -0.2) is 51.9 Å². The number of ether oxygens (including phenoxy) is 1. The number of benzene rings is 1. The number of guanidine groups is 1. The molecular formula is C20H34BrIN4O. The molecule has 154 valence electrons. The van der Waals surface area contributed by atoms with E-state index in [4.69, 9.17) is 9.73 Å². The van der Waals surface area contributed by atoms with Gasteiger partial charge in [-0.2, -0.15) is 0 Å². The number of unbranched alkanes of at least 4 members (excludes halogenated alkanes) is 1. The molecule has 0 spiro atoms. The second kappa shape index (κ2) is 14.5. The predicted molar refractivity (Wildman–Crippen MR) is 130 cm³/mol. The summed E-state index contributed by atoms with van der Waals surface area (Å²) in [5.41, 5.74) is 1.30. The Balaban J connectivity index is 0.00000364. The Labute approximate surface area is 189 Å². The van der Waals surface area contributed by atoms with E-state index in [0.29, 0.717) is 5.92 Å². The van der Waals surface area contributed by atoms with Crippen LogP contribution in [0.25, 0.3) is 0 Å². The van der Waals surface area contributed by atoms with Gasteiger partial charge in [-0.05, 0) is 63.3 Å². The number of hydrogen-bond acceptors (Lipinski definition) is 3. The zero-order valence-corrected chi connectivity index (χ0v) is 20.5. The van der Waals surface area contributed by atoms with Crippen LogP contribution in [0.2, 0.25) is 0 Å². The van der Waals surface area contributed by atoms with Crippen LogP contribution in [0.15, 0.2) is 33.7 Å². The first-order valence-electron chi connectivity index (χ1n) is 9.83. The van der Waals surface area contributed by atoms with Gasteiger partial charge in [0.1, 0.15) is 0 Å². The van der Waals surface area contributed by atoms with E-state index in [9.17, 15) is 0 Å². The molecule has 1 aliphatic heterocycles. The summed E-state index contributed by atoms with van der Waals surface area (Å²) >= 11 is 3.50. The lowest BCUT2D eigenvalue weighted by molar-refractivity contribution is 0.143. The molecule has 1 aliphatic rings. The molecule has 1 saturated heterocycles. The van der Waals surface area contributed by atoms with Crippen molar-refractivity contribution in [2.24, 2.45) is 10.9 Å². The molecule has 0 aliphatic carbocycles. The van der Waals surface area contributed by atoms with Crippen LogP contribution in [-0.2, 0) is 4.74 Å². The molecule has 5 nitrogen and oxygen atoms in total. The summed E-state index contributed by atoms with van der Waals surface area (Å²) in [4.78, 5) is 7.26. The smallest absolute Gasteiger partial charge is 0.191 e. The molecule has 1 aromatic carbocycles. The van der Waals surface area contributed by atoms with Gasteiger partial charge in [-0.25, -0.2) is 0 Å². The van der Waals surface area contributed by atoms with Gasteiger partial charge in [0.05, 0.1) is 0 Å². The lowest BCUT2D eigenvalue weighted by Gasteiger charge is -2.18. The summed E-state index contributed by atoms with van der Waals surface area (Å²) in [6, 6.07) is 8.59. The highest BCUT2D eigenvalue weighted by molar-refractivity contribution is 14.0. The van der Waals surface area contributed by atoms with E-state index >= 15 is 0 Å². The van der Waals surface area contributed by atoms with Gasteiger partial charge in [0.15, 0.2) is 5.96 Å². The van der Waals surface area contributed by atoms with Crippen molar-refractivity contribution in [3.8, 4) is 0 Å². The average molecular weight is 553 g/mol. The van der Waals surface area contributed by atoms with Crippen molar-refractivity contribution in [1.29, 1.82) is 0 Å². The maximum Gasteiger partial charge on any atom is 0.191 e. The van der Waals surface area contributed by atoms with Gasteiger partial charge in [0.25, 0.3) is 0 Å². The van der Waals surface area contributed by atoms with E-state index in [2.05, 4.69) is 62.7 Å². The minimum Gasteiger partial charge on any atom is -0.382 e. The SMILES string of the molecule is CCNC(=NCC1CCN(c2ccc(Br)cc2)C1)NCCCCOCC.I. The van der Waals surface area contributed by atoms with Gasteiger partial charge in [0, 0.05) is 56.1 Å². The first-order chi connectivity index (χ1) is 12.7. The number of halogens is 2. The molecule has 27 heavy (non-hydrogen) atoms. The Hall–Kier alpha value is -0.540. The molecule has 7 heteroatoms. The van der Waals surface area contributed by atoms with E-state index in [0.717, 1.165) is 69.2 Å². The van der Waals surface area contributed by atoms with Crippen molar-refractivity contribution >= 4 is 51.6 Å². The van der Waals surface area contributed by atoms with Crippen LogP contribution in [0.4, 0.5) is 5.69 Å². The highest BCUT2D eigenvalue weighted by Gasteiger charge is 2.22. The third kappa shape index (κ3) is 9.47. The predicted octanol–water partition coefficient (Wildman–Crippen LogP) is 4.27. The fourth-order valence-electron chi connectivity index (χ4n) is 3.11. The van der Waals surface area contributed by atoms with Crippen LogP contribution in [0.1, 0.15) is 33.1 Å². The van der Waals surface area contributed by atoms with Crippen molar-refractivity contribution in [2.45, 2.75) is 33.1 Å². The number of aliphatic imine (C=N–C) groups is 1. The summed E-state index contributed by atoms with van der Waals surface area (Å²) in [5.74, 6) is 1.55. The maximum absolute atomic E-state index is 5.38. The molecule has 1 unspecified atom stereocenters. The molecule has 0 aromatic heterocycles. The van der Waals surface area contributed by atoms with Crippen LogP contribution in [0.3, 0.4) is 0 Å². The first-order valence-corrected chi connectivity index (χ1v) is 10.6. The minimum atomic E-state index is 0. The molecule has 0 amide bonds. The molecule has 1 aromatic rings. The Kier molecular flexibility index (Phi) is 13.1. The van der Waals surface area contributed by atoms with Crippen LogP contribution in [0, 0.1) is 5.92 Å². The van der Waals surface area contributed by atoms with Gasteiger partial charge >= 0.3 is 0 Å². The number of hydrogen-bond donors (Lipinski definition) is 2. The standard InChI is InChI=1S/C20H33BrN4O.HI/c1-3-22-20(23-12-5-6-14-26-4-2)24-15-17-11-13-25(16-17)19-9-7-18(21)8-10-19;/h7-10,17H,3-6,11-16H2,1-2H3,(H2,22,23,24);1H. The number of rotatable bonds is 10. The fraction of sp³-hybridized carbons (Fsp3) is 0.650. The zero-order chi connectivity index (χ0) is 18.6. The Morgan fingerprint density at radius 3 is 2.70 bits per heavy atom. The van der Waals surface area contributed by atoms with Gasteiger partial charge in [0.2, 0.25) is 0 Å². The molecule has 0 saturated carbocycles. The fourth-order valence-corrected chi connectivity index (χ4v) is 3.37. The molecular weight excluding hydrogens is 519 g/mol. The van der Waals surface area contributed by atoms with E-state index in [1.165, 1.54) is 12.1 Å². The Morgan fingerprint density at radius 1 is 1.22 bits per heavy atom. The van der Waals surface area contributed by atoms with Crippen LogP contribution in [0.5, 0.6) is 0 Å². The molecule has 1 atom stereocenters.